The fraction of sp³-hybridized carbons (Fsp3) is 0.0400. The summed E-state index contributed by atoms with van der Waals surface area (Å²) in [6.07, 6.45) is 0. The van der Waals surface area contributed by atoms with Crippen molar-refractivity contribution < 1.29 is 9.59 Å². The molecule has 3 N–H and O–H groups in total. The van der Waals surface area contributed by atoms with E-state index in [1.54, 1.807) is 5.38 Å². The summed E-state index contributed by atoms with van der Waals surface area (Å²) >= 11 is 1.21. The number of imidazole rings is 1. The van der Waals surface area contributed by atoms with Crippen LogP contribution in [0, 0.1) is 0 Å². The van der Waals surface area contributed by atoms with Gasteiger partial charge in [-0.25, -0.2) is 9.97 Å². The molecule has 33 heavy (non-hydrogen) atoms. The highest BCUT2D eigenvalue weighted by atomic mass is 32.1. The minimum absolute atomic E-state index is 0.226. The van der Waals surface area contributed by atoms with Crippen LogP contribution in [-0.2, 0) is 4.79 Å². The lowest BCUT2D eigenvalue weighted by Gasteiger charge is -2.07. The Bertz CT molecular complexity index is 1440. The predicted molar refractivity (Wildman–Crippen MR) is 131 cm³/mol. The molecule has 0 unspecified atom stereocenters. The molecule has 0 atom stereocenters. The maximum Gasteiger partial charge on any atom is 0.275 e. The number of aromatic amines is 1. The highest BCUT2D eigenvalue weighted by Crippen LogP contribution is 2.27. The quantitative estimate of drug-likeness (QED) is 0.324. The first kappa shape index (κ1) is 20.6. The Balaban J connectivity index is 1.32. The maximum atomic E-state index is 12.5. The Morgan fingerprint density at radius 2 is 1.64 bits per heavy atom. The third-order valence-corrected chi connectivity index (χ3v) is 5.78. The minimum atomic E-state index is -0.331. The summed E-state index contributed by atoms with van der Waals surface area (Å²) in [5.74, 6) is 0.266. The fourth-order valence-electron chi connectivity index (χ4n) is 3.46. The van der Waals surface area contributed by atoms with Crippen LogP contribution in [-0.4, -0.2) is 26.8 Å². The van der Waals surface area contributed by atoms with Gasteiger partial charge in [-0.15, -0.1) is 11.3 Å². The van der Waals surface area contributed by atoms with E-state index in [4.69, 9.17) is 0 Å². The zero-order valence-electron chi connectivity index (χ0n) is 17.6. The summed E-state index contributed by atoms with van der Waals surface area (Å²) in [5, 5.41) is 7.41. The second kappa shape index (κ2) is 8.68. The number of hydrogen-bond donors (Lipinski definition) is 3. The Labute approximate surface area is 193 Å². The van der Waals surface area contributed by atoms with Crippen molar-refractivity contribution in [1.82, 2.24) is 15.0 Å². The van der Waals surface area contributed by atoms with Gasteiger partial charge in [0, 0.05) is 23.6 Å². The van der Waals surface area contributed by atoms with Crippen LogP contribution in [0.1, 0.15) is 17.4 Å². The van der Waals surface area contributed by atoms with Gasteiger partial charge in [0.1, 0.15) is 11.5 Å². The molecule has 162 valence electrons. The highest BCUT2D eigenvalue weighted by Gasteiger charge is 2.12. The van der Waals surface area contributed by atoms with Crippen molar-refractivity contribution in [2.75, 3.05) is 10.6 Å². The molecule has 8 heteroatoms. The van der Waals surface area contributed by atoms with Gasteiger partial charge in [0.25, 0.3) is 5.91 Å². The van der Waals surface area contributed by atoms with Crippen molar-refractivity contribution in [3.8, 4) is 22.5 Å². The minimum Gasteiger partial charge on any atom is -0.338 e. The lowest BCUT2D eigenvalue weighted by Crippen LogP contribution is -2.13. The molecule has 0 saturated heterocycles. The maximum absolute atomic E-state index is 12.5. The van der Waals surface area contributed by atoms with E-state index in [1.165, 1.54) is 18.3 Å². The third kappa shape index (κ3) is 4.51. The van der Waals surface area contributed by atoms with Crippen molar-refractivity contribution in [3.05, 3.63) is 83.9 Å². The number of nitrogens with zero attached hydrogens (tertiary/aromatic N) is 2. The first-order chi connectivity index (χ1) is 16.0. The molecule has 5 aromatic rings. The van der Waals surface area contributed by atoms with E-state index in [2.05, 4.69) is 31.7 Å². The SMILES string of the molecule is CC(=O)Nc1nc(C(=O)Nc2ccc(-c3cccc(-c4nc5ccccc5[nH]4)c3)cc2)cs1. The summed E-state index contributed by atoms with van der Waals surface area (Å²) in [5.41, 5.74) is 5.92. The smallest absolute Gasteiger partial charge is 0.275 e. The van der Waals surface area contributed by atoms with Crippen LogP contribution < -0.4 is 10.6 Å². The van der Waals surface area contributed by atoms with Crippen LogP contribution in [0.5, 0.6) is 0 Å². The number of carbonyl (C=O) groups excluding carboxylic acids is 2. The molecule has 5 rings (SSSR count). The summed E-state index contributed by atoms with van der Waals surface area (Å²) in [6.45, 7) is 1.40. The molecule has 2 heterocycles. The molecule has 0 aliphatic carbocycles. The molecule has 0 bridgehead atoms. The van der Waals surface area contributed by atoms with Gasteiger partial charge in [0.2, 0.25) is 5.91 Å². The number of fused-ring (bicyclic) bond motifs is 1. The molecule has 0 saturated carbocycles. The number of benzene rings is 3. The van der Waals surface area contributed by atoms with Crippen molar-refractivity contribution in [1.29, 1.82) is 0 Å². The fourth-order valence-corrected chi connectivity index (χ4v) is 4.20. The average molecular weight is 454 g/mol. The van der Waals surface area contributed by atoms with Gasteiger partial charge in [0.05, 0.1) is 11.0 Å². The first-order valence-corrected chi connectivity index (χ1v) is 11.1. The van der Waals surface area contributed by atoms with E-state index in [-0.39, 0.29) is 17.5 Å². The zero-order chi connectivity index (χ0) is 22.8. The van der Waals surface area contributed by atoms with Gasteiger partial charge in [-0.1, -0.05) is 42.5 Å². The number of para-hydroxylation sites is 2. The van der Waals surface area contributed by atoms with E-state index in [9.17, 15) is 9.59 Å². The monoisotopic (exact) mass is 453 g/mol. The Morgan fingerprint density at radius 1 is 0.848 bits per heavy atom. The number of hydrogen-bond acceptors (Lipinski definition) is 5. The van der Waals surface area contributed by atoms with E-state index < -0.39 is 0 Å². The summed E-state index contributed by atoms with van der Waals surface area (Å²) in [6, 6.07) is 23.7. The van der Waals surface area contributed by atoms with Crippen molar-refractivity contribution in [3.63, 3.8) is 0 Å². The molecule has 0 radical (unpaired) electrons. The lowest BCUT2D eigenvalue weighted by molar-refractivity contribution is -0.114. The van der Waals surface area contributed by atoms with Gasteiger partial charge in [-0.3, -0.25) is 9.59 Å². The molecule has 0 spiro atoms. The third-order valence-electron chi connectivity index (χ3n) is 5.02. The van der Waals surface area contributed by atoms with Crippen LogP contribution in [0.3, 0.4) is 0 Å². The van der Waals surface area contributed by atoms with Crippen molar-refractivity contribution in [2.24, 2.45) is 0 Å². The molecule has 0 fully saturated rings. The van der Waals surface area contributed by atoms with Crippen LogP contribution in [0.25, 0.3) is 33.5 Å². The topological polar surface area (TPSA) is 99.8 Å². The summed E-state index contributed by atoms with van der Waals surface area (Å²) < 4.78 is 0. The molecule has 7 nitrogen and oxygen atoms in total. The standard InChI is InChI=1S/C25H19N5O2S/c1-15(31)26-25-30-22(14-33-25)24(32)27-19-11-9-16(10-12-19)17-5-4-6-18(13-17)23-28-20-7-2-3-8-21(20)29-23/h2-14H,1H3,(H,27,32)(H,28,29)(H,26,30,31). The number of nitrogens with one attached hydrogen (secondary N) is 3. The molecule has 0 aliphatic rings. The van der Waals surface area contributed by atoms with Gasteiger partial charge in [0.15, 0.2) is 5.13 Å². The number of anilines is 2. The van der Waals surface area contributed by atoms with E-state index in [0.717, 1.165) is 33.5 Å². The summed E-state index contributed by atoms with van der Waals surface area (Å²) in [7, 11) is 0. The molecule has 0 aliphatic heterocycles. The average Bonchev–Trinajstić information content (AvgIpc) is 3.46. The zero-order valence-corrected chi connectivity index (χ0v) is 18.4. The first-order valence-electron chi connectivity index (χ1n) is 10.3. The van der Waals surface area contributed by atoms with E-state index >= 15 is 0 Å². The Hall–Kier alpha value is -4.30. The van der Waals surface area contributed by atoms with Crippen molar-refractivity contribution >= 4 is 45.0 Å². The summed E-state index contributed by atoms with van der Waals surface area (Å²) in [4.78, 5) is 35.8. The van der Waals surface area contributed by atoms with Crippen LogP contribution in [0.2, 0.25) is 0 Å². The largest absolute Gasteiger partial charge is 0.338 e. The normalized spacial score (nSPS) is 10.8. The molecular weight excluding hydrogens is 434 g/mol. The predicted octanol–water partition coefficient (Wildman–Crippen LogP) is 5.56. The number of carbonyl (C=O) groups is 2. The molecule has 2 amide bonds. The van der Waals surface area contributed by atoms with Gasteiger partial charge in [-0.2, -0.15) is 0 Å². The highest BCUT2D eigenvalue weighted by molar-refractivity contribution is 7.14. The van der Waals surface area contributed by atoms with Crippen LogP contribution in [0.4, 0.5) is 10.8 Å². The van der Waals surface area contributed by atoms with E-state index in [0.29, 0.717) is 10.8 Å². The number of aromatic nitrogens is 3. The Morgan fingerprint density at radius 3 is 2.42 bits per heavy atom. The lowest BCUT2D eigenvalue weighted by atomic mass is 10.0. The second-order valence-electron chi connectivity index (χ2n) is 7.43. The number of H-pyrrole nitrogens is 1. The number of amides is 2. The molecule has 3 aromatic carbocycles. The molecular formula is C25H19N5O2S. The van der Waals surface area contributed by atoms with Gasteiger partial charge in [-0.05, 0) is 41.5 Å². The van der Waals surface area contributed by atoms with E-state index in [1.807, 2.05) is 66.7 Å². The van der Waals surface area contributed by atoms with Crippen LogP contribution >= 0.6 is 11.3 Å². The molecule has 2 aromatic heterocycles. The Kier molecular flexibility index (Phi) is 5.42. The number of rotatable bonds is 5. The van der Waals surface area contributed by atoms with Crippen molar-refractivity contribution in [2.45, 2.75) is 6.92 Å². The second-order valence-corrected chi connectivity index (χ2v) is 8.29. The van der Waals surface area contributed by atoms with Crippen LogP contribution in [0.15, 0.2) is 78.2 Å². The van der Waals surface area contributed by atoms with Gasteiger partial charge < -0.3 is 15.6 Å². The number of thiazole rings is 1. The van der Waals surface area contributed by atoms with Gasteiger partial charge >= 0.3 is 0 Å².